The number of methoxy groups -OCH3 is 1. The van der Waals surface area contributed by atoms with Crippen molar-refractivity contribution in [2.24, 2.45) is 23.2 Å². The van der Waals surface area contributed by atoms with Crippen molar-refractivity contribution in [3.63, 3.8) is 0 Å². The molecule has 12 heteroatoms. The zero-order valence-corrected chi connectivity index (χ0v) is 26.9. The summed E-state index contributed by atoms with van der Waals surface area (Å²) in [5.74, 6) is 8.91. The third kappa shape index (κ3) is 5.88. The van der Waals surface area contributed by atoms with Gasteiger partial charge in [0.1, 0.15) is 10.8 Å². The molecule has 1 amide bonds. The van der Waals surface area contributed by atoms with Crippen LogP contribution < -0.4 is 20.7 Å². The van der Waals surface area contributed by atoms with E-state index in [4.69, 9.17) is 9.47 Å². The predicted molar refractivity (Wildman–Crippen MR) is 171 cm³/mol. The molecule has 3 heterocycles. The maximum Gasteiger partial charge on any atom is 0.447 e. The molecular weight excluding hydrogens is 615 g/mol. The second kappa shape index (κ2) is 11.6. The number of fused-ring (bicyclic) bond motifs is 2. The lowest BCUT2D eigenvalue weighted by molar-refractivity contribution is -0.0593. The Morgan fingerprint density at radius 1 is 1.20 bits per heavy atom. The van der Waals surface area contributed by atoms with Crippen molar-refractivity contribution in [1.82, 2.24) is 14.7 Å². The number of halogens is 3. The van der Waals surface area contributed by atoms with Crippen molar-refractivity contribution >= 4 is 34.7 Å². The van der Waals surface area contributed by atoms with E-state index in [-0.39, 0.29) is 46.4 Å². The molecule has 2 aromatic heterocycles. The Morgan fingerprint density at radius 2 is 2.00 bits per heavy atom. The Labute approximate surface area is 270 Å². The minimum atomic E-state index is -4.49. The van der Waals surface area contributed by atoms with E-state index in [1.165, 1.54) is 32.8 Å². The fourth-order valence-corrected chi connectivity index (χ4v) is 8.90. The van der Waals surface area contributed by atoms with Gasteiger partial charge in [0.25, 0.3) is 5.91 Å². The number of amides is 1. The normalized spacial score (nSPS) is 27.4. The second-order valence-electron chi connectivity index (χ2n) is 13.8. The van der Waals surface area contributed by atoms with E-state index >= 15 is 0 Å². The van der Waals surface area contributed by atoms with Crippen LogP contribution in [0.15, 0.2) is 41.7 Å². The number of alkyl halides is 3. The molecule has 46 heavy (non-hydrogen) atoms. The molecule has 5 atom stereocenters. The van der Waals surface area contributed by atoms with Crippen molar-refractivity contribution in [2.45, 2.75) is 68.1 Å². The van der Waals surface area contributed by atoms with Gasteiger partial charge >= 0.3 is 5.51 Å². The smallest absolute Gasteiger partial charge is 0.447 e. The van der Waals surface area contributed by atoms with Gasteiger partial charge < -0.3 is 29.8 Å². The van der Waals surface area contributed by atoms with Crippen LogP contribution in [-0.4, -0.2) is 59.2 Å². The molecule has 7 rings (SSSR count). The number of benzene rings is 1. The first-order valence-corrected chi connectivity index (χ1v) is 16.6. The van der Waals surface area contributed by atoms with Crippen LogP contribution in [0.3, 0.4) is 0 Å². The highest BCUT2D eigenvalue weighted by Gasteiger charge is 2.58. The minimum absolute atomic E-state index is 0.00880. The molecule has 3 aromatic rings. The number of aromatic nitrogens is 2. The van der Waals surface area contributed by atoms with Crippen LogP contribution in [0.1, 0.15) is 61.9 Å². The third-order valence-electron chi connectivity index (χ3n) is 10.4. The van der Waals surface area contributed by atoms with Gasteiger partial charge in [-0.2, -0.15) is 13.2 Å². The van der Waals surface area contributed by atoms with Gasteiger partial charge in [-0.3, -0.25) is 4.79 Å². The van der Waals surface area contributed by atoms with Crippen molar-refractivity contribution < 1.29 is 27.4 Å². The number of hydrogen-bond acceptors (Lipinski definition) is 7. The molecule has 2 unspecified atom stereocenters. The summed E-state index contributed by atoms with van der Waals surface area (Å²) in [6.07, 6.45) is 9.10. The number of nitrogens with one attached hydrogen (secondary N) is 3. The quantitative estimate of drug-likeness (QED) is 0.187. The monoisotopic (exact) mass is 653 g/mol. The highest BCUT2D eigenvalue weighted by Crippen LogP contribution is 2.66. The molecule has 2 bridgehead atoms. The van der Waals surface area contributed by atoms with Crippen LogP contribution in [0.4, 0.5) is 24.7 Å². The first kappa shape index (κ1) is 31.1. The van der Waals surface area contributed by atoms with Crippen molar-refractivity contribution in [2.75, 3.05) is 37.5 Å². The lowest BCUT2D eigenvalue weighted by Crippen LogP contribution is -2.59. The molecule has 8 nitrogen and oxygen atoms in total. The molecule has 3 saturated carbocycles. The van der Waals surface area contributed by atoms with Crippen LogP contribution in [0, 0.1) is 35.0 Å². The van der Waals surface area contributed by atoms with E-state index in [2.05, 4.69) is 39.7 Å². The van der Waals surface area contributed by atoms with Crippen molar-refractivity contribution in [3.8, 4) is 17.6 Å². The average Bonchev–Trinajstić information content (AvgIpc) is 3.41. The fourth-order valence-electron chi connectivity index (χ4n) is 8.20. The first-order chi connectivity index (χ1) is 21.9. The molecular formula is C34H38F3N5O3S. The predicted octanol–water partition coefficient (Wildman–Crippen LogP) is 6.56. The lowest BCUT2D eigenvalue weighted by atomic mass is 9.55. The Kier molecular flexibility index (Phi) is 7.83. The number of carbonyl (C=O) groups is 1. The van der Waals surface area contributed by atoms with Gasteiger partial charge in [0.2, 0.25) is 0 Å². The van der Waals surface area contributed by atoms with Gasteiger partial charge in [-0.15, -0.1) is 0 Å². The third-order valence-corrected chi connectivity index (χ3v) is 11.2. The fraction of sp³-hybridized carbons (Fsp3) is 0.529. The number of anilines is 2. The van der Waals surface area contributed by atoms with Crippen molar-refractivity contribution in [3.05, 3.63) is 47.8 Å². The maximum atomic E-state index is 13.7. The van der Waals surface area contributed by atoms with E-state index < -0.39 is 5.51 Å². The largest absolute Gasteiger partial charge is 0.495 e. The van der Waals surface area contributed by atoms with Crippen LogP contribution in [-0.2, 0) is 4.74 Å². The van der Waals surface area contributed by atoms with Gasteiger partial charge in [0.15, 0.2) is 5.82 Å². The summed E-state index contributed by atoms with van der Waals surface area (Å²) in [7, 11) is 1.51. The molecule has 4 aliphatic rings. The highest BCUT2D eigenvalue weighted by molar-refractivity contribution is 8.00. The molecule has 3 N–H and O–H groups in total. The van der Waals surface area contributed by atoms with Gasteiger partial charge in [-0.05, 0) is 86.5 Å². The molecule has 0 radical (unpaired) electrons. The molecule has 3 aliphatic carbocycles. The molecule has 1 aromatic carbocycles. The summed E-state index contributed by atoms with van der Waals surface area (Å²) in [5.41, 5.74) is -2.51. The molecule has 4 fully saturated rings. The molecule has 244 valence electrons. The van der Waals surface area contributed by atoms with Crippen LogP contribution in [0.2, 0.25) is 0 Å². The van der Waals surface area contributed by atoms with E-state index in [1.54, 1.807) is 41.1 Å². The minimum Gasteiger partial charge on any atom is -0.495 e. The van der Waals surface area contributed by atoms with Gasteiger partial charge in [0, 0.05) is 35.8 Å². The Balaban J connectivity index is 1.09. The molecule has 0 spiro atoms. The number of rotatable bonds is 8. The number of ether oxygens (including phenoxy) is 2. The summed E-state index contributed by atoms with van der Waals surface area (Å²) in [6.45, 7) is 5.41. The summed E-state index contributed by atoms with van der Waals surface area (Å²) in [5, 5.41) is 9.79. The van der Waals surface area contributed by atoms with E-state index in [1.807, 2.05) is 6.92 Å². The van der Waals surface area contributed by atoms with Gasteiger partial charge in [-0.1, -0.05) is 18.8 Å². The number of hydrogen-bond donors (Lipinski definition) is 3. The first-order valence-electron chi connectivity index (χ1n) is 15.8. The van der Waals surface area contributed by atoms with E-state index in [9.17, 15) is 18.0 Å². The van der Waals surface area contributed by atoms with Crippen LogP contribution >= 0.6 is 11.8 Å². The lowest BCUT2D eigenvalue weighted by Gasteiger charge is -2.50. The van der Waals surface area contributed by atoms with E-state index in [0.29, 0.717) is 52.9 Å². The standard InChI is InChI=1S/C34H38F3N5O3S/c1-32-16-22-7-8-25(23(17-32)13-24(22)32)40-29-27-14-21(31(46-34(35,36)37)42(27)12-11-39-29)5-4-10-38-26-9-6-20(15-28(26)44-3)30(43)41-33(2)18-45-19-33/h6,9,11-12,14-15,22-25,38H,7-8,10,13,16-19H2,1-3H3,(H,39,40)(H,41,43)/t22-,23-,24?,25-,32?/m1/s1. The van der Waals surface area contributed by atoms with Crippen LogP contribution in [0.25, 0.3) is 5.52 Å². The van der Waals surface area contributed by atoms with Gasteiger partial charge in [-0.25, -0.2) is 4.98 Å². The Bertz CT molecular complexity index is 1730. The summed E-state index contributed by atoms with van der Waals surface area (Å²) in [4.78, 5) is 17.3. The second-order valence-corrected chi connectivity index (χ2v) is 14.8. The maximum absolute atomic E-state index is 13.7. The number of nitrogens with zero attached hydrogens (tertiary/aromatic N) is 2. The summed E-state index contributed by atoms with van der Waals surface area (Å²) >= 11 is -0.168. The molecule has 1 saturated heterocycles. The van der Waals surface area contributed by atoms with E-state index in [0.717, 1.165) is 18.3 Å². The summed E-state index contributed by atoms with van der Waals surface area (Å²) < 4.78 is 53.4. The van der Waals surface area contributed by atoms with Crippen molar-refractivity contribution in [1.29, 1.82) is 0 Å². The Hall–Kier alpha value is -3.56. The zero-order valence-electron chi connectivity index (χ0n) is 26.1. The average molecular weight is 654 g/mol. The molecule has 1 aliphatic heterocycles. The number of carbonyl (C=O) groups excluding carboxylic acids is 1. The number of thioether (sulfide) groups is 1. The zero-order chi connectivity index (χ0) is 32.3. The topological polar surface area (TPSA) is 88.9 Å². The summed E-state index contributed by atoms with van der Waals surface area (Å²) in [6, 6.07) is 6.99. The Morgan fingerprint density at radius 3 is 2.74 bits per heavy atom. The van der Waals surface area contributed by atoms with Crippen LogP contribution in [0.5, 0.6) is 5.75 Å². The highest BCUT2D eigenvalue weighted by atomic mass is 32.2. The van der Waals surface area contributed by atoms with Gasteiger partial charge in [0.05, 0.1) is 49.2 Å². The SMILES string of the molecule is COc1cc(C(=O)NC2(C)COC2)ccc1NCC#Cc1cc2c(N[C@@H]3CC[C@@H]4CC5(C)C[C@H]3CC45)nccn2c1SC(F)(F)F.